The lowest BCUT2D eigenvalue weighted by Gasteiger charge is -2.37. The second kappa shape index (κ2) is 6.68. The molecule has 0 spiro atoms. The van der Waals surface area contributed by atoms with E-state index in [1.807, 2.05) is 36.1 Å². The minimum Gasteiger partial charge on any atom is -0.497 e. The van der Waals surface area contributed by atoms with Crippen LogP contribution in [0.5, 0.6) is 5.75 Å². The zero-order valence-corrected chi connectivity index (χ0v) is 13.4. The molecule has 23 heavy (non-hydrogen) atoms. The summed E-state index contributed by atoms with van der Waals surface area (Å²) in [6.45, 7) is 4.92. The highest BCUT2D eigenvalue weighted by Gasteiger charge is 2.26. The van der Waals surface area contributed by atoms with Gasteiger partial charge in [-0.2, -0.15) is 5.10 Å². The number of benzene rings is 1. The van der Waals surface area contributed by atoms with Gasteiger partial charge in [-0.1, -0.05) is 0 Å². The van der Waals surface area contributed by atoms with Crippen molar-refractivity contribution in [3.63, 3.8) is 0 Å². The first-order valence-electron chi connectivity index (χ1n) is 7.71. The molecule has 1 aromatic carbocycles. The molecule has 7 heteroatoms. The predicted octanol–water partition coefficient (Wildman–Crippen LogP) is 1.20. The lowest BCUT2D eigenvalue weighted by atomic mass is 10.2. The first-order valence-corrected chi connectivity index (χ1v) is 7.71. The largest absolute Gasteiger partial charge is 0.497 e. The van der Waals surface area contributed by atoms with Crippen LogP contribution in [-0.4, -0.2) is 58.9 Å². The molecule has 1 amide bonds. The maximum absolute atomic E-state index is 12.5. The van der Waals surface area contributed by atoms with Gasteiger partial charge < -0.3 is 14.5 Å². The Morgan fingerprint density at radius 1 is 1.17 bits per heavy atom. The maximum atomic E-state index is 12.5. The van der Waals surface area contributed by atoms with Crippen LogP contribution in [0.15, 0.2) is 36.9 Å². The summed E-state index contributed by atoms with van der Waals surface area (Å²) in [4.78, 5) is 20.6. The van der Waals surface area contributed by atoms with E-state index in [0.717, 1.165) is 24.5 Å². The summed E-state index contributed by atoms with van der Waals surface area (Å²) in [6.07, 6.45) is 3.03. The summed E-state index contributed by atoms with van der Waals surface area (Å²) >= 11 is 0. The number of carbonyl (C=O) groups is 1. The number of rotatable bonds is 4. The number of amides is 1. The molecule has 0 radical (unpaired) electrons. The number of methoxy groups -OCH3 is 1. The second-order valence-electron chi connectivity index (χ2n) is 5.56. The zero-order valence-electron chi connectivity index (χ0n) is 13.4. The van der Waals surface area contributed by atoms with Crippen molar-refractivity contribution in [2.24, 2.45) is 0 Å². The topological polar surface area (TPSA) is 63.5 Å². The lowest BCUT2D eigenvalue weighted by molar-refractivity contribution is -0.134. The molecule has 0 aliphatic carbocycles. The average molecular weight is 315 g/mol. The third-order valence-corrected chi connectivity index (χ3v) is 4.22. The minimum atomic E-state index is -0.315. The Morgan fingerprint density at radius 2 is 1.87 bits per heavy atom. The number of nitrogens with zero attached hydrogens (tertiary/aromatic N) is 5. The van der Waals surface area contributed by atoms with Gasteiger partial charge in [-0.25, -0.2) is 9.67 Å². The molecule has 0 bridgehead atoms. The molecule has 1 saturated heterocycles. The summed E-state index contributed by atoms with van der Waals surface area (Å²) in [5, 5.41) is 4.05. The number of anilines is 1. The van der Waals surface area contributed by atoms with E-state index in [-0.39, 0.29) is 11.9 Å². The molecular formula is C16H21N5O2. The number of hydrogen-bond donors (Lipinski definition) is 0. The Kier molecular flexibility index (Phi) is 4.45. The van der Waals surface area contributed by atoms with Crippen LogP contribution in [-0.2, 0) is 4.79 Å². The van der Waals surface area contributed by atoms with Gasteiger partial charge in [-0.05, 0) is 31.2 Å². The highest BCUT2D eigenvalue weighted by Crippen LogP contribution is 2.21. The molecule has 1 aliphatic heterocycles. The molecule has 2 aromatic rings. The smallest absolute Gasteiger partial charge is 0.247 e. The van der Waals surface area contributed by atoms with Crippen LogP contribution in [0.1, 0.15) is 13.0 Å². The second-order valence-corrected chi connectivity index (χ2v) is 5.56. The lowest BCUT2D eigenvalue weighted by Crippen LogP contribution is -2.50. The van der Waals surface area contributed by atoms with Crippen molar-refractivity contribution in [2.75, 3.05) is 38.2 Å². The van der Waals surface area contributed by atoms with Crippen molar-refractivity contribution in [1.82, 2.24) is 19.7 Å². The molecule has 1 fully saturated rings. The molecule has 0 unspecified atom stereocenters. The van der Waals surface area contributed by atoms with Gasteiger partial charge in [0.1, 0.15) is 24.4 Å². The van der Waals surface area contributed by atoms with E-state index in [0.29, 0.717) is 13.1 Å². The van der Waals surface area contributed by atoms with Crippen LogP contribution in [0.25, 0.3) is 0 Å². The highest BCUT2D eigenvalue weighted by atomic mass is 16.5. The van der Waals surface area contributed by atoms with E-state index >= 15 is 0 Å². The Hall–Kier alpha value is -2.57. The van der Waals surface area contributed by atoms with Crippen LogP contribution in [0.3, 0.4) is 0 Å². The van der Waals surface area contributed by atoms with Gasteiger partial charge in [0.25, 0.3) is 0 Å². The molecule has 0 N–H and O–H groups in total. The van der Waals surface area contributed by atoms with Crippen LogP contribution in [0.4, 0.5) is 5.69 Å². The number of ether oxygens (including phenoxy) is 1. The van der Waals surface area contributed by atoms with E-state index < -0.39 is 0 Å². The standard InChI is InChI=1S/C16H21N5O2/c1-13(21-12-17-11-18-21)16(22)20-9-7-19(8-10-20)14-3-5-15(23-2)6-4-14/h3-6,11-13H,7-10H2,1-2H3/t13-/m1/s1. The Labute approximate surface area is 135 Å². The van der Waals surface area contributed by atoms with Gasteiger partial charge in [0.15, 0.2) is 0 Å². The fourth-order valence-corrected chi connectivity index (χ4v) is 2.77. The van der Waals surface area contributed by atoms with Gasteiger partial charge in [-0.15, -0.1) is 0 Å². The zero-order chi connectivity index (χ0) is 16.2. The summed E-state index contributed by atoms with van der Waals surface area (Å²) in [6, 6.07) is 7.70. The monoisotopic (exact) mass is 315 g/mol. The van der Waals surface area contributed by atoms with Gasteiger partial charge in [-0.3, -0.25) is 4.79 Å². The van der Waals surface area contributed by atoms with E-state index in [1.54, 1.807) is 18.1 Å². The fraction of sp³-hybridized carbons (Fsp3) is 0.438. The van der Waals surface area contributed by atoms with Gasteiger partial charge >= 0.3 is 0 Å². The van der Waals surface area contributed by atoms with Crippen molar-refractivity contribution in [3.8, 4) is 5.75 Å². The summed E-state index contributed by atoms with van der Waals surface area (Å²) in [5.41, 5.74) is 1.15. The molecule has 1 aliphatic rings. The van der Waals surface area contributed by atoms with Crippen molar-refractivity contribution in [2.45, 2.75) is 13.0 Å². The predicted molar refractivity (Wildman–Crippen MR) is 86.5 cm³/mol. The van der Waals surface area contributed by atoms with E-state index in [4.69, 9.17) is 4.74 Å². The molecule has 7 nitrogen and oxygen atoms in total. The van der Waals surface area contributed by atoms with Crippen LogP contribution < -0.4 is 9.64 Å². The fourth-order valence-electron chi connectivity index (χ4n) is 2.77. The normalized spacial score (nSPS) is 16.3. The number of piperazine rings is 1. The molecular weight excluding hydrogens is 294 g/mol. The Bertz CT molecular complexity index is 633. The molecule has 0 saturated carbocycles. The molecule has 3 rings (SSSR count). The summed E-state index contributed by atoms with van der Waals surface area (Å²) < 4.78 is 6.78. The van der Waals surface area contributed by atoms with E-state index in [2.05, 4.69) is 15.0 Å². The first kappa shape index (κ1) is 15.3. The van der Waals surface area contributed by atoms with Crippen molar-refractivity contribution in [3.05, 3.63) is 36.9 Å². The van der Waals surface area contributed by atoms with Crippen molar-refractivity contribution < 1.29 is 9.53 Å². The third kappa shape index (κ3) is 3.28. The van der Waals surface area contributed by atoms with E-state index in [9.17, 15) is 4.79 Å². The Balaban J connectivity index is 1.58. The highest BCUT2D eigenvalue weighted by molar-refractivity contribution is 5.80. The summed E-state index contributed by atoms with van der Waals surface area (Å²) in [5.74, 6) is 0.939. The number of aromatic nitrogens is 3. The first-order chi connectivity index (χ1) is 11.2. The van der Waals surface area contributed by atoms with Gasteiger partial charge in [0.05, 0.1) is 7.11 Å². The quantitative estimate of drug-likeness (QED) is 0.848. The number of carbonyl (C=O) groups excluding carboxylic acids is 1. The molecule has 1 aromatic heterocycles. The SMILES string of the molecule is COc1ccc(N2CCN(C(=O)[C@@H](C)n3cncn3)CC2)cc1. The van der Waals surface area contributed by atoms with Crippen molar-refractivity contribution >= 4 is 11.6 Å². The minimum absolute atomic E-state index is 0.0879. The van der Waals surface area contributed by atoms with Crippen LogP contribution in [0, 0.1) is 0 Å². The molecule has 122 valence electrons. The van der Waals surface area contributed by atoms with Gasteiger partial charge in [0, 0.05) is 31.9 Å². The maximum Gasteiger partial charge on any atom is 0.247 e. The van der Waals surface area contributed by atoms with Gasteiger partial charge in [0.2, 0.25) is 5.91 Å². The van der Waals surface area contributed by atoms with Crippen molar-refractivity contribution in [1.29, 1.82) is 0 Å². The number of hydrogen-bond acceptors (Lipinski definition) is 5. The Morgan fingerprint density at radius 3 is 2.43 bits per heavy atom. The average Bonchev–Trinajstić information content (AvgIpc) is 3.15. The third-order valence-electron chi connectivity index (χ3n) is 4.22. The molecule has 2 heterocycles. The van der Waals surface area contributed by atoms with E-state index in [1.165, 1.54) is 6.33 Å². The summed E-state index contributed by atoms with van der Waals surface area (Å²) in [7, 11) is 1.66. The van der Waals surface area contributed by atoms with Crippen LogP contribution >= 0.6 is 0 Å². The van der Waals surface area contributed by atoms with Crippen LogP contribution in [0.2, 0.25) is 0 Å². The molecule has 1 atom stereocenters.